The van der Waals surface area contributed by atoms with Crippen LogP contribution >= 0.6 is 0 Å². The molecule has 1 fully saturated rings. The molecule has 23 heavy (non-hydrogen) atoms. The van der Waals surface area contributed by atoms with E-state index in [9.17, 15) is 21.6 Å². The van der Waals surface area contributed by atoms with Crippen LogP contribution in [-0.2, 0) is 16.8 Å². The SMILES string of the molecule is O=S(=O)(NCc1cccnc1OCC(F)(F)F)N1CCCCC1. The van der Waals surface area contributed by atoms with Crippen molar-refractivity contribution in [2.75, 3.05) is 19.7 Å². The van der Waals surface area contributed by atoms with Crippen molar-refractivity contribution >= 4 is 10.2 Å². The number of rotatable bonds is 6. The third-order valence-electron chi connectivity index (χ3n) is 3.32. The van der Waals surface area contributed by atoms with Gasteiger partial charge in [0, 0.05) is 31.4 Å². The Bertz CT molecular complexity index is 616. The van der Waals surface area contributed by atoms with Gasteiger partial charge in [-0.05, 0) is 18.9 Å². The Morgan fingerprint density at radius 1 is 1.26 bits per heavy atom. The van der Waals surface area contributed by atoms with E-state index in [2.05, 4.69) is 14.4 Å². The number of hydrogen-bond donors (Lipinski definition) is 1. The first-order valence-corrected chi connectivity index (χ1v) is 8.60. The Kier molecular flexibility index (Phi) is 5.82. The maximum atomic E-state index is 12.2. The zero-order valence-electron chi connectivity index (χ0n) is 12.3. The van der Waals surface area contributed by atoms with Gasteiger partial charge in [0.2, 0.25) is 5.88 Å². The average Bonchev–Trinajstić information content (AvgIpc) is 2.52. The van der Waals surface area contributed by atoms with Crippen LogP contribution in [0.3, 0.4) is 0 Å². The van der Waals surface area contributed by atoms with E-state index in [1.807, 2.05) is 0 Å². The zero-order valence-corrected chi connectivity index (χ0v) is 13.2. The Hall–Kier alpha value is -1.39. The van der Waals surface area contributed by atoms with Crippen molar-refractivity contribution < 1.29 is 26.3 Å². The summed E-state index contributed by atoms with van der Waals surface area (Å²) in [5.41, 5.74) is 0.248. The van der Waals surface area contributed by atoms with E-state index in [0.29, 0.717) is 13.1 Å². The third-order valence-corrected chi connectivity index (χ3v) is 4.88. The van der Waals surface area contributed by atoms with Crippen LogP contribution in [0.15, 0.2) is 18.3 Å². The monoisotopic (exact) mass is 353 g/mol. The summed E-state index contributed by atoms with van der Waals surface area (Å²) in [5, 5.41) is 0. The topological polar surface area (TPSA) is 71.5 Å². The number of nitrogens with zero attached hydrogens (tertiary/aromatic N) is 2. The third kappa shape index (κ3) is 5.63. The van der Waals surface area contributed by atoms with Gasteiger partial charge < -0.3 is 4.74 Å². The van der Waals surface area contributed by atoms with Crippen LogP contribution < -0.4 is 9.46 Å². The number of nitrogens with one attached hydrogen (secondary N) is 1. The molecular weight excluding hydrogens is 335 g/mol. The molecule has 0 atom stereocenters. The van der Waals surface area contributed by atoms with Crippen molar-refractivity contribution in [3.8, 4) is 5.88 Å². The van der Waals surface area contributed by atoms with E-state index < -0.39 is 23.0 Å². The molecule has 6 nitrogen and oxygen atoms in total. The molecule has 1 aromatic heterocycles. The Morgan fingerprint density at radius 2 is 1.96 bits per heavy atom. The van der Waals surface area contributed by atoms with E-state index in [-0.39, 0.29) is 18.0 Å². The van der Waals surface area contributed by atoms with Gasteiger partial charge in [-0.1, -0.05) is 12.5 Å². The highest BCUT2D eigenvalue weighted by atomic mass is 32.2. The van der Waals surface area contributed by atoms with Crippen LogP contribution in [0.5, 0.6) is 5.88 Å². The molecule has 1 aliphatic heterocycles. The summed E-state index contributed by atoms with van der Waals surface area (Å²) in [7, 11) is -3.66. The highest BCUT2D eigenvalue weighted by molar-refractivity contribution is 7.87. The number of ether oxygens (including phenoxy) is 1. The number of alkyl halides is 3. The molecule has 0 spiro atoms. The normalized spacial score (nSPS) is 17.2. The first-order valence-electron chi connectivity index (χ1n) is 7.16. The largest absolute Gasteiger partial charge is 0.468 e. The van der Waals surface area contributed by atoms with Gasteiger partial charge in [0.25, 0.3) is 10.2 Å². The second-order valence-corrected chi connectivity index (χ2v) is 6.91. The lowest BCUT2D eigenvalue weighted by Gasteiger charge is -2.26. The summed E-state index contributed by atoms with van der Waals surface area (Å²) < 4.78 is 69.3. The number of piperidine rings is 1. The molecule has 2 rings (SSSR count). The molecule has 0 unspecified atom stereocenters. The summed E-state index contributed by atoms with van der Waals surface area (Å²) in [6.07, 6.45) is -0.609. The molecule has 10 heteroatoms. The van der Waals surface area contributed by atoms with E-state index in [0.717, 1.165) is 19.3 Å². The minimum Gasteiger partial charge on any atom is -0.468 e. The molecule has 0 radical (unpaired) electrons. The fourth-order valence-electron chi connectivity index (χ4n) is 2.20. The molecule has 0 amide bonds. The minimum absolute atomic E-state index is 0.181. The smallest absolute Gasteiger partial charge is 0.422 e. The minimum atomic E-state index is -4.48. The summed E-state index contributed by atoms with van der Waals surface area (Å²) >= 11 is 0. The molecule has 1 aliphatic rings. The second kappa shape index (κ2) is 7.45. The van der Waals surface area contributed by atoms with Crippen molar-refractivity contribution in [2.24, 2.45) is 0 Å². The molecule has 1 N–H and O–H groups in total. The van der Waals surface area contributed by atoms with Crippen LogP contribution in [0, 0.1) is 0 Å². The fraction of sp³-hybridized carbons (Fsp3) is 0.615. The fourth-order valence-corrected chi connectivity index (χ4v) is 3.46. The first kappa shape index (κ1) is 18.0. The van der Waals surface area contributed by atoms with Crippen LogP contribution in [-0.4, -0.2) is 43.6 Å². The molecule has 0 aliphatic carbocycles. The van der Waals surface area contributed by atoms with Gasteiger partial charge in [-0.15, -0.1) is 0 Å². The molecule has 130 valence electrons. The van der Waals surface area contributed by atoms with Gasteiger partial charge >= 0.3 is 6.18 Å². The van der Waals surface area contributed by atoms with Crippen molar-refractivity contribution in [2.45, 2.75) is 32.0 Å². The summed E-state index contributed by atoms with van der Waals surface area (Å²) in [5.74, 6) is -0.230. The van der Waals surface area contributed by atoms with Crippen LogP contribution in [0.25, 0.3) is 0 Å². The highest BCUT2D eigenvalue weighted by Crippen LogP contribution is 2.20. The first-order chi connectivity index (χ1) is 10.8. The summed E-state index contributed by atoms with van der Waals surface area (Å²) in [6, 6.07) is 2.97. The average molecular weight is 353 g/mol. The lowest BCUT2D eigenvalue weighted by Crippen LogP contribution is -2.43. The van der Waals surface area contributed by atoms with Gasteiger partial charge in [-0.3, -0.25) is 0 Å². The van der Waals surface area contributed by atoms with Gasteiger partial charge in [-0.25, -0.2) is 4.98 Å². The van der Waals surface area contributed by atoms with E-state index in [1.165, 1.54) is 22.6 Å². The maximum Gasteiger partial charge on any atom is 0.422 e. The van der Waals surface area contributed by atoms with Gasteiger partial charge in [0.15, 0.2) is 6.61 Å². The molecule has 0 saturated carbocycles. The molecule has 0 aromatic carbocycles. The van der Waals surface area contributed by atoms with Crippen molar-refractivity contribution in [1.82, 2.24) is 14.0 Å². The van der Waals surface area contributed by atoms with Crippen molar-refractivity contribution in [1.29, 1.82) is 0 Å². The van der Waals surface area contributed by atoms with Gasteiger partial charge in [-0.2, -0.15) is 30.6 Å². The molecule has 0 bridgehead atoms. The molecule has 2 heterocycles. The lowest BCUT2D eigenvalue weighted by molar-refractivity contribution is -0.154. The second-order valence-electron chi connectivity index (χ2n) is 5.16. The quantitative estimate of drug-likeness (QED) is 0.847. The number of halogens is 3. The Morgan fingerprint density at radius 3 is 2.61 bits per heavy atom. The van der Waals surface area contributed by atoms with Crippen molar-refractivity contribution in [3.63, 3.8) is 0 Å². The Balaban J connectivity index is 1.99. The van der Waals surface area contributed by atoms with E-state index in [4.69, 9.17) is 0 Å². The van der Waals surface area contributed by atoms with Gasteiger partial charge in [0.05, 0.1) is 0 Å². The summed E-state index contributed by atoms with van der Waals surface area (Å²) in [4.78, 5) is 3.72. The molecular formula is C13H18F3N3O3S. The Labute approximate surface area is 132 Å². The predicted molar refractivity (Wildman–Crippen MR) is 77.0 cm³/mol. The van der Waals surface area contributed by atoms with Crippen LogP contribution in [0.2, 0.25) is 0 Å². The van der Waals surface area contributed by atoms with E-state index >= 15 is 0 Å². The zero-order chi connectivity index (χ0) is 16.9. The highest BCUT2D eigenvalue weighted by Gasteiger charge is 2.29. The number of pyridine rings is 1. The maximum absolute atomic E-state index is 12.2. The lowest BCUT2D eigenvalue weighted by atomic mass is 10.2. The van der Waals surface area contributed by atoms with Crippen LogP contribution in [0.4, 0.5) is 13.2 Å². The number of hydrogen-bond acceptors (Lipinski definition) is 4. The van der Waals surface area contributed by atoms with Crippen molar-refractivity contribution in [3.05, 3.63) is 23.9 Å². The molecule has 1 saturated heterocycles. The number of aromatic nitrogens is 1. The predicted octanol–water partition coefficient (Wildman–Crippen LogP) is 1.84. The standard InChI is InChI=1S/C13H18F3N3O3S/c14-13(15,16)10-22-12-11(5-4-6-17-12)9-18-23(20,21)19-7-2-1-3-8-19/h4-6,18H,1-3,7-10H2. The molecule has 1 aromatic rings. The summed E-state index contributed by atoms with van der Waals surface area (Å²) in [6.45, 7) is -0.768. The van der Waals surface area contributed by atoms with E-state index in [1.54, 1.807) is 0 Å². The van der Waals surface area contributed by atoms with Gasteiger partial charge in [0.1, 0.15) is 0 Å². The van der Waals surface area contributed by atoms with Crippen LogP contribution in [0.1, 0.15) is 24.8 Å².